The Morgan fingerprint density at radius 3 is 2.35 bits per heavy atom. The second-order valence-corrected chi connectivity index (χ2v) is 6.69. The van der Waals surface area contributed by atoms with Crippen molar-refractivity contribution in [2.45, 2.75) is 19.8 Å². The van der Waals surface area contributed by atoms with E-state index < -0.39 is 10.2 Å². The van der Waals surface area contributed by atoms with E-state index in [1.165, 1.54) is 0 Å². The fourth-order valence-electron chi connectivity index (χ4n) is 2.39. The number of halogens is 1. The van der Waals surface area contributed by atoms with Crippen molar-refractivity contribution in [2.24, 2.45) is 5.92 Å². The van der Waals surface area contributed by atoms with Gasteiger partial charge in [-0.15, -0.1) is 12.4 Å². The molecule has 0 amide bonds. The minimum atomic E-state index is -3.19. The summed E-state index contributed by atoms with van der Waals surface area (Å²) < 4.78 is 27.9. The molecule has 1 unspecified atom stereocenters. The van der Waals surface area contributed by atoms with Gasteiger partial charge in [0.25, 0.3) is 10.2 Å². The van der Waals surface area contributed by atoms with Crippen molar-refractivity contribution in [3.8, 4) is 0 Å². The molecular formula is C10H22ClN3O2S. The van der Waals surface area contributed by atoms with Crippen molar-refractivity contribution in [3.63, 3.8) is 0 Å². The minimum Gasteiger partial charge on any atom is -0.314 e. The number of rotatable bonds is 2. The van der Waals surface area contributed by atoms with E-state index in [4.69, 9.17) is 0 Å². The third-order valence-corrected chi connectivity index (χ3v) is 5.35. The van der Waals surface area contributed by atoms with Gasteiger partial charge >= 0.3 is 0 Å². The highest BCUT2D eigenvalue weighted by molar-refractivity contribution is 7.86. The standard InChI is InChI=1S/C10H21N3O2S.ClH/c1-10-3-2-6-13(9-10)16(14,15)12-7-4-11-5-8-12;/h10-11H,2-9H2,1H3;1H. The van der Waals surface area contributed by atoms with E-state index in [2.05, 4.69) is 12.2 Å². The zero-order chi connectivity index (χ0) is 11.6. The topological polar surface area (TPSA) is 52.7 Å². The molecule has 0 aliphatic carbocycles. The van der Waals surface area contributed by atoms with Crippen LogP contribution in [-0.4, -0.2) is 56.3 Å². The molecule has 1 atom stereocenters. The number of piperazine rings is 1. The summed E-state index contributed by atoms with van der Waals surface area (Å²) in [7, 11) is -3.19. The van der Waals surface area contributed by atoms with Crippen LogP contribution in [0.4, 0.5) is 0 Å². The normalized spacial score (nSPS) is 28.6. The molecule has 0 aromatic heterocycles. The summed E-state index contributed by atoms with van der Waals surface area (Å²) in [6.07, 6.45) is 2.14. The Labute approximate surface area is 110 Å². The molecule has 0 aromatic carbocycles. The van der Waals surface area contributed by atoms with Gasteiger partial charge in [0.15, 0.2) is 0 Å². The molecule has 2 saturated heterocycles. The first-order chi connectivity index (χ1) is 7.60. The Balaban J connectivity index is 0.00000144. The predicted molar refractivity (Wildman–Crippen MR) is 70.6 cm³/mol. The van der Waals surface area contributed by atoms with Crippen LogP contribution in [0.5, 0.6) is 0 Å². The van der Waals surface area contributed by atoms with Crippen LogP contribution in [-0.2, 0) is 10.2 Å². The monoisotopic (exact) mass is 283 g/mol. The number of hydrogen-bond acceptors (Lipinski definition) is 3. The van der Waals surface area contributed by atoms with Gasteiger partial charge in [-0.05, 0) is 18.8 Å². The van der Waals surface area contributed by atoms with Crippen LogP contribution in [0.25, 0.3) is 0 Å². The van der Waals surface area contributed by atoms with Gasteiger partial charge in [0, 0.05) is 39.3 Å². The van der Waals surface area contributed by atoms with Gasteiger partial charge in [-0.3, -0.25) is 0 Å². The van der Waals surface area contributed by atoms with Crippen LogP contribution in [0.2, 0.25) is 0 Å². The lowest BCUT2D eigenvalue weighted by molar-refractivity contribution is 0.251. The molecular weight excluding hydrogens is 262 g/mol. The quantitative estimate of drug-likeness (QED) is 0.793. The molecule has 1 N–H and O–H groups in total. The Hall–Kier alpha value is 0.120. The first kappa shape index (κ1) is 15.2. The lowest BCUT2D eigenvalue weighted by atomic mass is 10.0. The summed E-state index contributed by atoms with van der Waals surface area (Å²) in [6.45, 7) is 6.24. The molecule has 2 fully saturated rings. The van der Waals surface area contributed by atoms with E-state index in [1.54, 1.807) is 8.61 Å². The maximum Gasteiger partial charge on any atom is 0.282 e. The molecule has 0 aromatic rings. The van der Waals surface area contributed by atoms with Crippen LogP contribution in [0, 0.1) is 5.92 Å². The van der Waals surface area contributed by atoms with Crippen LogP contribution in [0.3, 0.4) is 0 Å². The van der Waals surface area contributed by atoms with Crippen molar-refractivity contribution in [2.75, 3.05) is 39.3 Å². The van der Waals surface area contributed by atoms with E-state index in [9.17, 15) is 8.42 Å². The maximum absolute atomic E-state index is 12.3. The fourth-order valence-corrected chi connectivity index (χ4v) is 4.17. The van der Waals surface area contributed by atoms with E-state index >= 15 is 0 Å². The SMILES string of the molecule is CC1CCCN(S(=O)(=O)N2CCNCC2)C1.Cl. The largest absolute Gasteiger partial charge is 0.314 e. The van der Waals surface area contributed by atoms with E-state index in [0.29, 0.717) is 32.1 Å². The molecule has 0 bridgehead atoms. The van der Waals surface area contributed by atoms with Gasteiger partial charge in [0.1, 0.15) is 0 Å². The highest BCUT2D eigenvalue weighted by Crippen LogP contribution is 2.20. The molecule has 0 saturated carbocycles. The number of nitrogens with zero attached hydrogens (tertiary/aromatic N) is 2. The molecule has 7 heteroatoms. The van der Waals surface area contributed by atoms with Crippen molar-refractivity contribution >= 4 is 22.6 Å². The third-order valence-electron chi connectivity index (χ3n) is 3.35. The Morgan fingerprint density at radius 2 is 1.76 bits per heavy atom. The van der Waals surface area contributed by atoms with Crippen LogP contribution in [0.15, 0.2) is 0 Å². The second kappa shape index (κ2) is 6.33. The summed E-state index contributed by atoms with van der Waals surface area (Å²) in [5.74, 6) is 0.492. The smallest absolute Gasteiger partial charge is 0.282 e. The first-order valence-electron chi connectivity index (χ1n) is 6.06. The van der Waals surface area contributed by atoms with E-state index in [-0.39, 0.29) is 12.4 Å². The Bertz CT molecular complexity index is 330. The molecule has 2 heterocycles. The maximum atomic E-state index is 12.3. The predicted octanol–water partition coefficient (Wildman–Crippen LogP) is 0.290. The number of hydrogen-bond donors (Lipinski definition) is 1. The van der Waals surface area contributed by atoms with Gasteiger partial charge in [0.05, 0.1) is 0 Å². The minimum absolute atomic E-state index is 0. The first-order valence-corrected chi connectivity index (χ1v) is 7.46. The summed E-state index contributed by atoms with van der Waals surface area (Å²) in [4.78, 5) is 0. The van der Waals surface area contributed by atoms with Gasteiger partial charge in [-0.25, -0.2) is 0 Å². The Morgan fingerprint density at radius 1 is 1.12 bits per heavy atom. The molecule has 2 aliphatic heterocycles. The molecule has 102 valence electrons. The van der Waals surface area contributed by atoms with Crippen molar-refractivity contribution in [1.29, 1.82) is 0 Å². The average molecular weight is 284 g/mol. The molecule has 5 nitrogen and oxygen atoms in total. The molecule has 2 aliphatic rings. The highest BCUT2D eigenvalue weighted by atomic mass is 35.5. The van der Waals surface area contributed by atoms with Gasteiger partial charge < -0.3 is 5.32 Å². The number of piperidine rings is 1. The van der Waals surface area contributed by atoms with Crippen LogP contribution in [0.1, 0.15) is 19.8 Å². The van der Waals surface area contributed by atoms with Gasteiger partial charge in [-0.1, -0.05) is 6.92 Å². The summed E-state index contributed by atoms with van der Waals surface area (Å²) in [5, 5.41) is 3.17. The average Bonchev–Trinajstić information content (AvgIpc) is 2.30. The van der Waals surface area contributed by atoms with Crippen LogP contribution < -0.4 is 5.32 Å². The molecule has 2 rings (SSSR count). The van der Waals surface area contributed by atoms with Crippen molar-refractivity contribution < 1.29 is 8.42 Å². The van der Waals surface area contributed by atoms with Crippen molar-refractivity contribution in [1.82, 2.24) is 13.9 Å². The lowest BCUT2D eigenvalue weighted by Crippen LogP contribution is -2.53. The summed E-state index contributed by atoms with van der Waals surface area (Å²) in [5.41, 5.74) is 0. The molecule has 0 radical (unpaired) electrons. The van der Waals surface area contributed by atoms with Gasteiger partial charge in [0.2, 0.25) is 0 Å². The molecule has 0 spiro atoms. The van der Waals surface area contributed by atoms with Crippen molar-refractivity contribution in [3.05, 3.63) is 0 Å². The summed E-state index contributed by atoms with van der Waals surface area (Å²) in [6, 6.07) is 0. The van der Waals surface area contributed by atoms with E-state index in [0.717, 1.165) is 25.9 Å². The molecule has 17 heavy (non-hydrogen) atoms. The summed E-state index contributed by atoms with van der Waals surface area (Å²) >= 11 is 0. The van der Waals surface area contributed by atoms with Crippen LogP contribution >= 0.6 is 12.4 Å². The Kier molecular flexibility index (Phi) is 5.66. The van der Waals surface area contributed by atoms with Gasteiger partial charge in [-0.2, -0.15) is 17.0 Å². The zero-order valence-electron chi connectivity index (χ0n) is 10.3. The number of nitrogens with one attached hydrogen (secondary N) is 1. The lowest BCUT2D eigenvalue weighted by Gasteiger charge is -2.36. The zero-order valence-corrected chi connectivity index (χ0v) is 11.9. The fraction of sp³-hybridized carbons (Fsp3) is 1.00. The second-order valence-electron chi connectivity index (χ2n) is 4.76. The highest BCUT2D eigenvalue weighted by Gasteiger charge is 2.32. The third kappa shape index (κ3) is 3.54. The van der Waals surface area contributed by atoms with E-state index in [1.807, 2.05) is 0 Å².